The van der Waals surface area contributed by atoms with Crippen molar-refractivity contribution in [3.8, 4) is 6.07 Å². The molecule has 1 unspecified atom stereocenters. The molecular formula is C12H18N4. The van der Waals surface area contributed by atoms with E-state index in [0.717, 1.165) is 11.5 Å². The molecule has 0 radical (unpaired) electrons. The van der Waals surface area contributed by atoms with Crippen molar-refractivity contribution in [1.82, 2.24) is 4.98 Å². The number of hydrogen-bond acceptors (Lipinski definition) is 4. The Kier molecular flexibility index (Phi) is 4.27. The van der Waals surface area contributed by atoms with E-state index in [1.807, 2.05) is 6.92 Å². The lowest BCUT2D eigenvalue weighted by Crippen LogP contribution is -2.34. The Bertz CT molecular complexity index is 392. The van der Waals surface area contributed by atoms with Crippen LogP contribution in [0.15, 0.2) is 12.1 Å². The number of aromatic nitrogens is 1. The maximum atomic E-state index is 8.86. The molecule has 0 aliphatic heterocycles. The smallest absolute Gasteiger partial charge is 0.127 e. The molecule has 3 N–H and O–H groups in total. The molecule has 0 fully saturated rings. The molecule has 1 rings (SSSR count). The molecule has 4 nitrogen and oxygen atoms in total. The van der Waals surface area contributed by atoms with Crippen molar-refractivity contribution in [2.45, 2.75) is 26.8 Å². The second-order valence-corrected chi connectivity index (χ2v) is 4.22. The van der Waals surface area contributed by atoms with E-state index in [4.69, 9.17) is 11.0 Å². The molecule has 86 valence electrons. The van der Waals surface area contributed by atoms with E-state index in [2.05, 4.69) is 30.2 Å². The molecule has 0 aliphatic rings. The van der Waals surface area contributed by atoms with E-state index in [0.29, 0.717) is 18.0 Å². The van der Waals surface area contributed by atoms with Crippen LogP contribution in [0.5, 0.6) is 0 Å². The molecule has 0 amide bonds. The third-order valence-corrected chi connectivity index (χ3v) is 2.47. The molecule has 0 saturated heterocycles. The van der Waals surface area contributed by atoms with E-state index in [1.165, 1.54) is 0 Å². The summed E-state index contributed by atoms with van der Waals surface area (Å²) in [5.41, 5.74) is 7.13. The fraction of sp³-hybridized carbons (Fsp3) is 0.500. The topological polar surface area (TPSA) is 74.7 Å². The number of pyridine rings is 1. The zero-order chi connectivity index (χ0) is 12.1. The Hall–Kier alpha value is -1.60. The average Bonchev–Trinajstić information content (AvgIpc) is 2.24. The number of anilines is 1. The molecule has 0 saturated carbocycles. The second-order valence-electron chi connectivity index (χ2n) is 4.22. The van der Waals surface area contributed by atoms with Crippen LogP contribution in [0.4, 0.5) is 5.82 Å². The molecule has 0 bridgehead atoms. The molecule has 0 aromatic carbocycles. The molecule has 4 heteroatoms. The molecule has 1 aromatic heterocycles. The van der Waals surface area contributed by atoms with E-state index in [-0.39, 0.29) is 6.04 Å². The summed E-state index contributed by atoms with van der Waals surface area (Å²) in [6, 6.07) is 5.81. The van der Waals surface area contributed by atoms with Gasteiger partial charge in [-0.25, -0.2) is 4.98 Å². The Morgan fingerprint density at radius 2 is 2.19 bits per heavy atom. The van der Waals surface area contributed by atoms with Crippen LogP contribution in [0.3, 0.4) is 0 Å². The first kappa shape index (κ1) is 12.5. The lowest BCUT2D eigenvalue weighted by atomic mass is 10.0. The van der Waals surface area contributed by atoms with Crippen LogP contribution in [-0.4, -0.2) is 17.6 Å². The van der Waals surface area contributed by atoms with E-state index in [1.54, 1.807) is 12.1 Å². The van der Waals surface area contributed by atoms with Crippen molar-refractivity contribution in [3.05, 3.63) is 23.4 Å². The Morgan fingerprint density at radius 1 is 1.50 bits per heavy atom. The summed E-state index contributed by atoms with van der Waals surface area (Å²) in [5, 5.41) is 12.1. The van der Waals surface area contributed by atoms with Crippen molar-refractivity contribution >= 4 is 5.82 Å². The molecule has 1 aromatic rings. The van der Waals surface area contributed by atoms with Crippen LogP contribution in [0.2, 0.25) is 0 Å². The van der Waals surface area contributed by atoms with Gasteiger partial charge in [-0.3, -0.25) is 0 Å². The lowest BCUT2D eigenvalue weighted by molar-refractivity contribution is 0.530. The Morgan fingerprint density at radius 3 is 2.69 bits per heavy atom. The lowest BCUT2D eigenvalue weighted by Gasteiger charge is -2.21. The summed E-state index contributed by atoms with van der Waals surface area (Å²) in [6.07, 6.45) is 0. The summed E-state index contributed by atoms with van der Waals surface area (Å²) < 4.78 is 0. The highest BCUT2D eigenvalue weighted by atomic mass is 15.0. The number of nitrogens with two attached hydrogens (primary N) is 1. The molecule has 0 spiro atoms. The fourth-order valence-corrected chi connectivity index (χ4v) is 1.49. The minimum Gasteiger partial charge on any atom is -0.366 e. The fourth-order valence-electron chi connectivity index (χ4n) is 1.49. The van der Waals surface area contributed by atoms with Gasteiger partial charge in [0.1, 0.15) is 5.82 Å². The van der Waals surface area contributed by atoms with Gasteiger partial charge in [-0.05, 0) is 25.0 Å². The maximum absolute atomic E-state index is 8.86. The van der Waals surface area contributed by atoms with Gasteiger partial charge < -0.3 is 11.1 Å². The van der Waals surface area contributed by atoms with Gasteiger partial charge in [-0.1, -0.05) is 13.8 Å². The predicted octanol–water partition coefficient (Wildman–Crippen LogP) is 1.66. The Balaban J connectivity index is 2.88. The highest BCUT2D eigenvalue weighted by molar-refractivity contribution is 5.45. The zero-order valence-electron chi connectivity index (χ0n) is 9.99. The van der Waals surface area contributed by atoms with Gasteiger partial charge in [0, 0.05) is 18.3 Å². The second kappa shape index (κ2) is 5.47. The summed E-state index contributed by atoms with van der Waals surface area (Å²) in [6.45, 7) is 6.63. The zero-order valence-corrected chi connectivity index (χ0v) is 9.99. The summed E-state index contributed by atoms with van der Waals surface area (Å²) in [5.74, 6) is 1.15. The first-order valence-electron chi connectivity index (χ1n) is 5.42. The van der Waals surface area contributed by atoms with Crippen LogP contribution < -0.4 is 11.1 Å². The molecular weight excluding hydrogens is 200 g/mol. The summed E-state index contributed by atoms with van der Waals surface area (Å²) in [7, 11) is 0. The van der Waals surface area contributed by atoms with Gasteiger partial charge in [0.05, 0.1) is 11.6 Å². The molecule has 1 atom stereocenters. The van der Waals surface area contributed by atoms with E-state index >= 15 is 0 Å². The van der Waals surface area contributed by atoms with Crippen LogP contribution >= 0.6 is 0 Å². The van der Waals surface area contributed by atoms with Crippen LogP contribution in [0, 0.1) is 24.2 Å². The van der Waals surface area contributed by atoms with Gasteiger partial charge >= 0.3 is 0 Å². The highest BCUT2D eigenvalue weighted by Crippen LogP contribution is 2.13. The Labute approximate surface area is 96.5 Å². The highest BCUT2D eigenvalue weighted by Gasteiger charge is 2.12. The molecule has 16 heavy (non-hydrogen) atoms. The number of aryl methyl sites for hydroxylation is 1. The first-order chi connectivity index (χ1) is 7.56. The number of hydrogen-bond donors (Lipinski definition) is 2. The van der Waals surface area contributed by atoms with E-state index in [9.17, 15) is 0 Å². The number of nitrogens with zero attached hydrogens (tertiary/aromatic N) is 2. The molecule has 0 aliphatic carbocycles. The summed E-state index contributed by atoms with van der Waals surface area (Å²) >= 11 is 0. The van der Waals surface area contributed by atoms with Gasteiger partial charge in [-0.2, -0.15) is 5.26 Å². The largest absolute Gasteiger partial charge is 0.366 e. The maximum Gasteiger partial charge on any atom is 0.127 e. The first-order valence-corrected chi connectivity index (χ1v) is 5.42. The van der Waals surface area contributed by atoms with Crippen LogP contribution in [0.1, 0.15) is 25.1 Å². The van der Waals surface area contributed by atoms with Gasteiger partial charge in [0.15, 0.2) is 0 Å². The van der Waals surface area contributed by atoms with Crippen LogP contribution in [0.25, 0.3) is 0 Å². The van der Waals surface area contributed by atoms with Crippen LogP contribution in [-0.2, 0) is 0 Å². The number of nitriles is 1. The third kappa shape index (κ3) is 3.21. The average molecular weight is 218 g/mol. The van der Waals surface area contributed by atoms with Crippen molar-refractivity contribution in [1.29, 1.82) is 5.26 Å². The van der Waals surface area contributed by atoms with Gasteiger partial charge in [-0.15, -0.1) is 0 Å². The van der Waals surface area contributed by atoms with E-state index < -0.39 is 0 Å². The number of rotatable bonds is 4. The van der Waals surface area contributed by atoms with Crippen molar-refractivity contribution in [3.63, 3.8) is 0 Å². The van der Waals surface area contributed by atoms with Crippen molar-refractivity contribution in [2.75, 3.05) is 11.9 Å². The molecule has 1 heterocycles. The standard InChI is InChI=1S/C12H18N4/c1-8(2)11(7-14)16-12-5-10(6-13)4-9(3)15-12/h4-5,8,11H,7,14H2,1-3H3,(H,15,16). The summed E-state index contributed by atoms with van der Waals surface area (Å²) in [4.78, 5) is 4.33. The quantitative estimate of drug-likeness (QED) is 0.806. The minimum atomic E-state index is 0.181. The minimum absolute atomic E-state index is 0.181. The van der Waals surface area contributed by atoms with Crippen molar-refractivity contribution in [2.24, 2.45) is 11.7 Å². The third-order valence-electron chi connectivity index (χ3n) is 2.47. The van der Waals surface area contributed by atoms with Gasteiger partial charge in [0.25, 0.3) is 0 Å². The predicted molar refractivity (Wildman–Crippen MR) is 65.0 cm³/mol. The SMILES string of the molecule is Cc1cc(C#N)cc(NC(CN)C(C)C)n1. The van der Waals surface area contributed by atoms with Crippen molar-refractivity contribution < 1.29 is 0 Å². The normalized spacial score (nSPS) is 12.2. The number of nitrogens with one attached hydrogen (secondary N) is 1. The monoisotopic (exact) mass is 218 g/mol. The van der Waals surface area contributed by atoms with Gasteiger partial charge in [0.2, 0.25) is 0 Å².